The molecule has 3 aromatic rings. The molecular formula is C40H44N4O10. The first kappa shape index (κ1) is 37.4. The highest BCUT2D eigenvalue weighted by molar-refractivity contribution is 5.96. The molecule has 0 spiro atoms. The number of nitrogens with one attached hydrogen (secondary N) is 2. The predicted molar refractivity (Wildman–Crippen MR) is 192 cm³/mol. The summed E-state index contributed by atoms with van der Waals surface area (Å²) in [6.07, 6.45) is -2.15. The summed E-state index contributed by atoms with van der Waals surface area (Å²) in [7, 11) is 3.30. The number of hydrogen-bond acceptors (Lipinski definition) is 11. The molecule has 4 N–H and O–H groups in total. The van der Waals surface area contributed by atoms with E-state index in [1.165, 1.54) is 23.0 Å². The van der Waals surface area contributed by atoms with Crippen LogP contribution < -0.4 is 10.6 Å². The van der Waals surface area contributed by atoms with Gasteiger partial charge < -0.3 is 40.0 Å². The van der Waals surface area contributed by atoms with Gasteiger partial charge in [-0.15, -0.1) is 0 Å². The van der Waals surface area contributed by atoms with E-state index in [0.717, 1.165) is 0 Å². The number of likely N-dealkylation sites (N-methyl/N-ethyl adjacent to an activating group) is 1. The topological polar surface area (TPSA) is 176 Å². The van der Waals surface area contributed by atoms with E-state index in [9.17, 15) is 29.4 Å². The minimum absolute atomic E-state index is 0.00417. The number of amides is 3. The second-order valence-electron chi connectivity index (χ2n) is 14.2. The lowest BCUT2D eigenvalue weighted by Gasteiger charge is -2.49. The number of hydroxylamine groups is 2. The maximum absolute atomic E-state index is 14.9. The standard InChI is InChI=1S/C40H44N4O10/c1-24(46)31(36(48)41-20-21-45)42-38(50)39-22-29-32-33(53-40(52-32,27-14-6-4-7-15-27)28-16-8-5-9-17-28)35(39)54-44(34(39)37(49)51-29)23-26-13-11-10-12-25(26)18-19-30(47)43(2)3/h4-19,24,29,31-35,45-46H,20-23H2,1-3H3,(H,41,48)(H,42,50)/t24-,29+,31+,32-,33-,34-,35+,39-/m0/s1. The zero-order valence-electron chi connectivity index (χ0n) is 30.2. The van der Waals surface area contributed by atoms with Gasteiger partial charge in [-0.2, -0.15) is 5.06 Å². The molecule has 0 aromatic heterocycles. The van der Waals surface area contributed by atoms with Crippen molar-refractivity contribution in [1.82, 2.24) is 20.6 Å². The fourth-order valence-corrected chi connectivity index (χ4v) is 7.98. The Kier molecular flexibility index (Phi) is 10.4. The Morgan fingerprint density at radius 2 is 1.59 bits per heavy atom. The van der Waals surface area contributed by atoms with Gasteiger partial charge in [-0.1, -0.05) is 84.9 Å². The van der Waals surface area contributed by atoms with Gasteiger partial charge in [0.2, 0.25) is 23.5 Å². The molecule has 4 fully saturated rings. The van der Waals surface area contributed by atoms with Gasteiger partial charge in [0.15, 0.2) is 6.04 Å². The van der Waals surface area contributed by atoms with Crippen LogP contribution in [0.1, 0.15) is 35.6 Å². The molecular weight excluding hydrogens is 696 g/mol. The van der Waals surface area contributed by atoms with Crippen LogP contribution in [0.5, 0.6) is 0 Å². The Bertz CT molecular complexity index is 1870. The zero-order valence-corrected chi connectivity index (χ0v) is 30.2. The highest BCUT2D eigenvalue weighted by Crippen LogP contribution is 2.59. The molecule has 0 unspecified atom stereocenters. The molecule has 14 heteroatoms. The zero-order chi connectivity index (χ0) is 38.2. The van der Waals surface area contributed by atoms with Gasteiger partial charge in [-0.25, -0.2) is 0 Å². The monoisotopic (exact) mass is 740 g/mol. The third-order valence-electron chi connectivity index (χ3n) is 10.6. The summed E-state index contributed by atoms with van der Waals surface area (Å²) in [6, 6.07) is 23.3. The summed E-state index contributed by atoms with van der Waals surface area (Å²) in [5.41, 5.74) is 1.06. The van der Waals surface area contributed by atoms with E-state index >= 15 is 0 Å². The summed E-state index contributed by atoms with van der Waals surface area (Å²) in [5, 5.41) is 26.6. The molecule has 7 rings (SSSR count). The van der Waals surface area contributed by atoms with Gasteiger partial charge >= 0.3 is 5.97 Å². The van der Waals surface area contributed by atoms with Crippen molar-refractivity contribution in [2.45, 2.75) is 68.3 Å². The number of hydrogen-bond donors (Lipinski definition) is 4. The van der Waals surface area contributed by atoms with Crippen molar-refractivity contribution in [2.24, 2.45) is 5.41 Å². The third-order valence-corrected chi connectivity index (χ3v) is 10.6. The number of carbonyl (C=O) groups excluding carboxylic acids is 4. The summed E-state index contributed by atoms with van der Waals surface area (Å²) in [4.78, 5) is 62.9. The highest BCUT2D eigenvalue weighted by atomic mass is 16.8. The Balaban J connectivity index is 1.32. The molecule has 14 nitrogen and oxygen atoms in total. The van der Waals surface area contributed by atoms with Crippen molar-refractivity contribution in [2.75, 3.05) is 27.2 Å². The number of aliphatic hydroxyl groups excluding tert-OH is 2. The average Bonchev–Trinajstić information content (AvgIpc) is 3.76. The molecule has 3 aromatic carbocycles. The molecule has 3 heterocycles. The second kappa shape index (κ2) is 15.1. The number of esters is 1. The van der Waals surface area contributed by atoms with Crippen LogP contribution in [-0.4, -0.2) is 114 Å². The van der Waals surface area contributed by atoms with Crippen LogP contribution in [0.15, 0.2) is 91.0 Å². The van der Waals surface area contributed by atoms with Gasteiger partial charge in [0.05, 0.1) is 19.3 Å². The van der Waals surface area contributed by atoms with Gasteiger partial charge in [0.25, 0.3) is 0 Å². The molecule has 0 radical (unpaired) electrons. The van der Waals surface area contributed by atoms with E-state index in [1.807, 2.05) is 84.9 Å². The average molecular weight is 741 g/mol. The van der Waals surface area contributed by atoms with Gasteiger partial charge in [-0.05, 0) is 24.1 Å². The third kappa shape index (κ3) is 6.48. The van der Waals surface area contributed by atoms with Crippen LogP contribution in [0.2, 0.25) is 0 Å². The normalized spacial score (nSPS) is 27.8. The molecule has 2 bridgehead atoms. The number of nitrogens with zero attached hydrogens (tertiary/aromatic N) is 2. The SMILES string of the molecule is C[C@H](O)[C@@H](NC(=O)[C@@]12C[C@H]3OC(=O)[C@@H]1N(Cc1ccccc1C=CC(=O)N(C)C)O[C@@H]2[C@H]1OC(c2ccccc2)(c2ccccc2)O[C@H]13)C(=O)NCCO. The van der Waals surface area contributed by atoms with Crippen molar-refractivity contribution in [1.29, 1.82) is 0 Å². The largest absolute Gasteiger partial charge is 0.458 e. The smallest absolute Gasteiger partial charge is 0.327 e. The number of benzene rings is 3. The molecule has 8 atom stereocenters. The van der Waals surface area contributed by atoms with Crippen molar-refractivity contribution >= 4 is 29.8 Å². The maximum atomic E-state index is 14.9. The molecule has 54 heavy (non-hydrogen) atoms. The van der Waals surface area contributed by atoms with E-state index in [4.69, 9.17) is 19.0 Å². The lowest BCUT2D eigenvalue weighted by Crippen LogP contribution is -2.71. The van der Waals surface area contributed by atoms with Crippen LogP contribution in [0.4, 0.5) is 0 Å². The summed E-state index contributed by atoms with van der Waals surface area (Å²) in [6.45, 7) is 0.927. The Labute approximate surface area is 312 Å². The summed E-state index contributed by atoms with van der Waals surface area (Å²) in [5.74, 6) is -3.83. The van der Waals surface area contributed by atoms with Crippen LogP contribution in [-0.2, 0) is 50.6 Å². The predicted octanol–water partition coefficient (Wildman–Crippen LogP) is 1.25. The van der Waals surface area contributed by atoms with Crippen LogP contribution in [0.3, 0.4) is 0 Å². The molecule has 284 valence electrons. The Morgan fingerprint density at radius 1 is 0.963 bits per heavy atom. The van der Waals surface area contributed by atoms with E-state index in [2.05, 4.69) is 10.6 Å². The van der Waals surface area contributed by atoms with E-state index in [0.29, 0.717) is 22.3 Å². The van der Waals surface area contributed by atoms with Crippen LogP contribution >= 0.6 is 0 Å². The number of carbonyl (C=O) groups is 4. The minimum Gasteiger partial charge on any atom is -0.458 e. The first-order valence-corrected chi connectivity index (χ1v) is 18.0. The second-order valence-corrected chi connectivity index (χ2v) is 14.2. The number of ether oxygens (including phenoxy) is 3. The van der Waals surface area contributed by atoms with Crippen molar-refractivity contribution in [3.8, 4) is 0 Å². The van der Waals surface area contributed by atoms with E-state index in [1.54, 1.807) is 20.2 Å². The number of rotatable bonds is 12. The maximum Gasteiger partial charge on any atom is 0.327 e. The minimum atomic E-state index is -1.68. The lowest BCUT2D eigenvalue weighted by molar-refractivity contribution is -0.213. The molecule has 3 aliphatic heterocycles. The van der Waals surface area contributed by atoms with Crippen molar-refractivity contribution in [3.63, 3.8) is 0 Å². The first-order valence-electron chi connectivity index (χ1n) is 18.0. The van der Waals surface area contributed by atoms with Gasteiger partial charge in [0, 0.05) is 44.3 Å². The summed E-state index contributed by atoms with van der Waals surface area (Å²) < 4.78 is 20.0. The number of aliphatic hydroxyl groups is 2. The van der Waals surface area contributed by atoms with Crippen molar-refractivity contribution in [3.05, 3.63) is 113 Å². The van der Waals surface area contributed by atoms with Gasteiger partial charge in [-0.3, -0.25) is 24.0 Å². The molecule has 1 saturated carbocycles. The lowest BCUT2D eigenvalue weighted by atomic mass is 9.62. The quantitative estimate of drug-likeness (QED) is 0.155. The molecule has 3 saturated heterocycles. The fourth-order valence-electron chi connectivity index (χ4n) is 7.98. The Morgan fingerprint density at radius 3 is 2.22 bits per heavy atom. The van der Waals surface area contributed by atoms with E-state index < -0.39 is 71.6 Å². The highest BCUT2D eigenvalue weighted by Gasteiger charge is 2.76. The molecule has 3 amide bonds. The van der Waals surface area contributed by atoms with Gasteiger partial charge in [0.1, 0.15) is 35.9 Å². The fraction of sp³-hybridized carbons (Fsp3) is 0.400. The first-order chi connectivity index (χ1) is 26.0. The number of fused-ring (bicyclic) bond motifs is 4. The van der Waals surface area contributed by atoms with Crippen LogP contribution in [0.25, 0.3) is 6.08 Å². The molecule has 1 aliphatic carbocycles. The van der Waals surface area contributed by atoms with E-state index in [-0.39, 0.29) is 32.0 Å². The molecule has 4 aliphatic rings. The summed E-state index contributed by atoms with van der Waals surface area (Å²) >= 11 is 0. The Hall–Kier alpha value is -4.96. The van der Waals surface area contributed by atoms with Crippen LogP contribution in [0, 0.1) is 5.41 Å². The van der Waals surface area contributed by atoms with Crippen molar-refractivity contribution < 1.29 is 48.4 Å².